The molecule has 1 aromatic carbocycles. The maximum Gasteiger partial charge on any atom is 0.412 e. The zero-order valence-corrected chi connectivity index (χ0v) is 15.5. The number of amides is 1. The monoisotopic (exact) mass is 425 g/mol. The van der Waals surface area contributed by atoms with Gasteiger partial charge in [-0.05, 0) is 24.1 Å². The van der Waals surface area contributed by atoms with E-state index in [1.165, 1.54) is 4.90 Å². The Hall–Kier alpha value is -1.34. The summed E-state index contributed by atoms with van der Waals surface area (Å²) in [7, 11) is 0. The molecule has 0 atom stereocenters. The lowest BCUT2D eigenvalue weighted by molar-refractivity contribution is 0.0654. The van der Waals surface area contributed by atoms with E-state index in [9.17, 15) is 14.7 Å². The molecule has 0 saturated carbocycles. The van der Waals surface area contributed by atoms with Crippen molar-refractivity contribution in [3.8, 4) is 0 Å². The normalized spacial score (nSPS) is 14.5. The van der Waals surface area contributed by atoms with Gasteiger partial charge in [0, 0.05) is 22.5 Å². The number of hydrogen-bond acceptors (Lipinski definition) is 4. The minimum atomic E-state index is -1.88. The van der Waals surface area contributed by atoms with Crippen molar-refractivity contribution in [3.63, 3.8) is 0 Å². The second-order valence-electron chi connectivity index (χ2n) is 5.42. The first kappa shape index (κ1) is 18.5. The molecule has 2 heterocycles. The summed E-state index contributed by atoms with van der Waals surface area (Å²) in [5.41, 5.74) is 1.45. The topological polar surface area (TPSA) is 80.0 Å². The van der Waals surface area contributed by atoms with Crippen LogP contribution in [0.2, 0.25) is 5.02 Å². The first-order valence-corrected chi connectivity index (χ1v) is 8.78. The molecule has 1 N–H and O–H groups in total. The Morgan fingerprint density at radius 2 is 2.04 bits per heavy atom. The van der Waals surface area contributed by atoms with E-state index < -0.39 is 16.6 Å². The average molecular weight is 427 g/mol. The Labute approximate surface area is 162 Å². The number of carboxylic acid groups (broad SMARTS) is 1. The van der Waals surface area contributed by atoms with Crippen molar-refractivity contribution in [2.75, 3.05) is 12.4 Å². The zero-order valence-electron chi connectivity index (χ0n) is 12.5. The maximum absolute atomic E-state index is 12.3. The lowest BCUT2D eigenvalue weighted by Gasteiger charge is -2.24. The number of carbonyl (C=O) groups is 2. The molecule has 3 rings (SSSR count). The number of aromatic carboxylic acids is 1. The second-order valence-corrected chi connectivity index (χ2v) is 7.51. The van der Waals surface area contributed by atoms with Gasteiger partial charge in [-0.1, -0.05) is 34.8 Å². The molecule has 0 saturated heterocycles. The van der Waals surface area contributed by atoms with Crippen LogP contribution in [0.4, 0.5) is 4.79 Å². The van der Waals surface area contributed by atoms with Gasteiger partial charge in [0.25, 0.3) is 4.52 Å². The predicted molar refractivity (Wildman–Crippen MR) is 93.9 cm³/mol. The van der Waals surface area contributed by atoms with Crippen LogP contribution in [-0.4, -0.2) is 39.0 Å². The first-order chi connectivity index (χ1) is 11.7. The number of hydrogen-bond donors (Lipinski definition) is 1. The molecule has 1 aromatic heterocycles. The van der Waals surface area contributed by atoms with Gasteiger partial charge in [-0.25, -0.2) is 9.59 Å². The number of benzene rings is 1. The number of carbonyl (C=O) groups excluding carboxylic acids is 1. The largest absolute Gasteiger partial charge is 0.475 e. The van der Waals surface area contributed by atoms with E-state index in [2.05, 4.69) is 0 Å². The molecule has 0 fully saturated rings. The summed E-state index contributed by atoms with van der Waals surface area (Å²) in [6, 6.07) is 3.23. The van der Waals surface area contributed by atoms with Crippen molar-refractivity contribution < 1.29 is 23.8 Å². The van der Waals surface area contributed by atoms with E-state index in [-0.39, 0.29) is 24.7 Å². The van der Waals surface area contributed by atoms with Crippen molar-refractivity contribution >= 4 is 69.4 Å². The lowest BCUT2D eigenvalue weighted by atomic mass is 10.0. The van der Waals surface area contributed by atoms with Gasteiger partial charge in [-0.2, -0.15) is 0 Å². The van der Waals surface area contributed by atoms with Crippen molar-refractivity contribution in [1.82, 2.24) is 4.90 Å². The maximum atomic E-state index is 12.3. The molecule has 2 aromatic rings. The Bertz CT molecular complexity index is 863. The summed E-state index contributed by atoms with van der Waals surface area (Å²) in [5.74, 6) is -1.82. The highest BCUT2D eigenvalue weighted by molar-refractivity contribution is 6.50. The highest BCUT2D eigenvalue weighted by Gasteiger charge is 2.34. The van der Waals surface area contributed by atoms with Gasteiger partial charge in [0.1, 0.15) is 5.58 Å². The Morgan fingerprint density at radius 3 is 2.68 bits per heavy atom. The van der Waals surface area contributed by atoms with Gasteiger partial charge in [0.2, 0.25) is 5.76 Å². The van der Waals surface area contributed by atoms with Crippen LogP contribution in [0.15, 0.2) is 16.5 Å². The van der Waals surface area contributed by atoms with Gasteiger partial charge >= 0.3 is 12.1 Å². The fourth-order valence-corrected chi connectivity index (χ4v) is 3.20. The van der Waals surface area contributed by atoms with Crippen LogP contribution in [0.25, 0.3) is 11.0 Å². The third-order valence-corrected chi connectivity index (χ3v) is 5.26. The van der Waals surface area contributed by atoms with Gasteiger partial charge < -0.3 is 19.2 Å². The number of ether oxygens (including phenoxy) is 1. The zero-order chi connectivity index (χ0) is 18.4. The predicted octanol–water partition coefficient (Wildman–Crippen LogP) is 4.65. The van der Waals surface area contributed by atoms with E-state index in [0.717, 1.165) is 0 Å². The molecule has 10 heteroatoms. The molecule has 0 radical (unpaired) electrons. The van der Waals surface area contributed by atoms with Gasteiger partial charge in [0.15, 0.2) is 0 Å². The van der Waals surface area contributed by atoms with Crippen molar-refractivity contribution in [2.45, 2.75) is 17.5 Å². The highest BCUT2D eigenvalue weighted by atomic mass is 35.5. The Balaban J connectivity index is 2.03. The van der Waals surface area contributed by atoms with E-state index in [1.807, 2.05) is 0 Å². The molecule has 25 heavy (non-hydrogen) atoms. The number of carboxylic acids is 1. The summed E-state index contributed by atoms with van der Waals surface area (Å²) < 4.78 is 8.50. The Morgan fingerprint density at radius 1 is 1.32 bits per heavy atom. The molecule has 0 unspecified atom stereocenters. The number of rotatable bonds is 3. The molecule has 0 bridgehead atoms. The van der Waals surface area contributed by atoms with E-state index >= 15 is 0 Å². The summed E-state index contributed by atoms with van der Waals surface area (Å²) >= 11 is 23.3. The van der Waals surface area contributed by atoms with Crippen LogP contribution in [-0.2, 0) is 17.7 Å². The van der Waals surface area contributed by atoms with Crippen molar-refractivity contribution in [2.24, 2.45) is 0 Å². The van der Waals surface area contributed by atoms with E-state index in [4.69, 9.17) is 55.6 Å². The van der Waals surface area contributed by atoms with Gasteiger partial charge in [-0.3, -0.25) is 0 Å². The van der Waals surface area contributed by atoms with Crippen LogP contribution in [0.3, 0.4) is 0 Å². The van der Waals surface area contributed by atoms with E-state index in [1.54, 1.807) is 12.1 Å². The SMILES string of the molecule is O=C(O)c1oc2ccc(Cl)c3c2c1CN(C(=O)OC(Cl)(Cl)CCl)CC3. The summed E-state index contributed by atoms with van der Waals surface area (Å²) in [5, 5.41) is 10.5. The van der Waals surface area contributed by atoms with Crippen molar-refractivity contribution in [1.29, 1.82) is 0 Å². The molecule has 6 nitrogen and oxygen atoms in total. The number of nitrogens with zero attached hydrogens (tertiary/aromatic N) is 1. The molecule has 0 aliphatic carbocycles. The van der Waals surface area contributed by atoms with Gasteiger partial charge in [0.05, 0.1) is 12.4 Å². The summed E-state index contributed by atoms with van der Waals surface area (Å²) in [4.78, 5) is 25.1. The number of alkyl halides is 3. The lowest BCUT2D eigenvalue weighted by Crippen LogP contribution is -2.37. The third-order valence-electron chi connectivity index (χ3n) is 3.83. The minimum Gasteiger partial charge on any atom is -0.475 e. The molecular weight excluding hydrogens is 416 g/mol. The Kier molecular flexibility index (Phi) is 4.99. The highest BCUT2D eigenvalue weighted by Crippen LogP contribution is 2.37. The molecule has 1 aliphatic rings. The summed E-state index contributed by atoms with van der Waals surface area (Å²) in [6.45, 7) is 0.185. The van der Waals surface area contributed by atoms with Crippen LogP contribution >= 0.6 is 46.4 Å². The number of halogens is 4. The second kappa shape index (κ2) is 6.76. The smallest absolute Gasteiger partial charge is 0.412 e. The fourth-order valence-electron chi connectivity index (χ4n) is 2.76. The molecular formula is C15H11Cl4NO5. The standard InChI is InChI=1S/C15H11Cl4NO5/c16-6-15(18,19)25-14(23)20-4-3-7-9(17)1-2-10-11(7)8(5-20)12(24-10)13(21)22/h1-2H,3-6H2,(H,21,22). The van der Waals surface area contributed by atoms with Crippen LogP contribution in [0.5, 0.6) is 0 Å². The van der Waals surface area contributed by atoms with E-state index in [0.29, 0.717) is 33.5 Å². The quantitative estimate of drug-likeness (QED) is 0.722. The van der Waals surface area contributed by atoms with Gasteiger partial charge in [-0.15, -0.1) is 11.6 Å². The molecule has 134 valence electrons. The van der Waals surface area contributed by atoms with Crippen LogP contribution in [0.1, 0.15) is 21.7 Å². The average Bonchev–Trinajstić information content (AvgIpc) is 2.78. The molecule has 1 amide bonds. The fraction of sp³-hybridized carbons (Fsp3) is 0.333. The summed E-state index contributed by atoms with van der Waals surface area (Å²) in [6.07, 6.45) is -0.435. The molecule has 0 spiro atoms. The first-order valence-electron chi connectivity index (χ1n) is 7.11. The van der Waals surface area contributed by atoms with Crippen LogP contribution < -0.4 is 0 Å². The minimum absolute atomic E-state index is 0.0487. The molecule has 1 aliphatic heterocycles. The number of furan rings is 1. The van der Waals surface area contributed by atoms with Crippen LogP contribution in [0, 0.1) is 0 Å². The van der Waals surface area contributed by atoms with Crippen molar-refractivity contribution in [3.05, 3.63) is 34.0 Å². The third kappa shape index (κ3) is 3.49.